The molecule has 108 valence electrons. The Bertz CT molecular complexity index is 487. The second kappa shape index (κ2) is 7.27. The van der Waals surface area contributed by atoms with Gasteiger partial charge >= 0.3 is 6.09 Å². The lowest BCUT2D eigenvalue weighted by Crippen LogP contribution is -2.44. The van der Waals surface area contributed by atoms with E-state index in [1.54, 1.807) is 16.2 Å². The number of carbonyl (C=O) groups is 1. The summed E-state index contributed by atoms with van der Waals surface area (Å²) in [6.07, 6.45) is 1.67. The van der Waals surface area contributed by atoms with Gasteiger partial charge in [0.05, 0.1) is 12.2 Å². The number of hydrogen-bond donors (Lipinski definition) is 1. The molecule has 1 aliphatic rings. The topological polar surface area (TPSA) is 65.4 Å². The van der Waals surface area contributed by atoms with Gasteiger partial charge < -0.3 is 15.0 Å². The highest BCUT2D eigenvalue weighted by molar-refractivity contribution is 7.10. The number of hydrogen-bond acceptors (Lipinski definition) is 5. The standard InChI is InChI=1S/C14H19N3O2S/c1-2-19-14(18)17-5-3-12(4-6-17)16-9-13-7-11(8-15)10-20-13/h7,10,12,16H,2-6,9H2,1H3. The molecule has 0 aliphatic carbocycles. The summed E-state index contributed by atoms with van der Waals surface area (Å²) in [4.78, 5) is 14.5. The molecule has 2 heterocycles. The van der Waals surface area contributed by atoms with Crippen LogP contribution >= 0.6 is 11.3 Å². The minimum Gasteiger partial charge on any atom is -0.450 e. The van der Waals surface area contributed by atoms with Crippen molar-refractivity contribution in [3.63, 3.8) is 0 Å². The minimum atomic E-state index is -0.206. The van der Waals surface area contributed by atoms with Gasteiger partial charge in [-0.15, -0.1) is 11.3 Å². The Balaban J connectivity index is 1.72. The second-order valence-corrected chi connectivity index (χ2v) is 5.75. The molecule has 2 rings (SSSR count). The number of rotatable bonds is 4. The third-order valence-electron chi connectivity index (χ3n) is 3.37. The van der Waals surface area contributed by atoms with Crippen LogP contribution in [0.2, 0.25) is 0 Å². The number of ether oxygens (including phenoxy) is 1. The molecule has 20 heavy (non-hydrogen) atoms. The first-order valence-electron chi connectivity index (χ1n) is 6.85. The number of piperidine rings is 1. The summed E-state index contributed by atoms with van der Waals surface area (Å²) in [7, 11) is 0. The average molecular weight is 293 g/mol. The monoisotopic (exact) mass is 293 g/mol. The van der Waals surface area contributed by atoms with Gasteiger partial charge in [0.15, 0.2) is 0 Å². The molecule has 1 fully saturated rings. The van der Waals surface area contributed by atoms with E-state index < -0.39 is 0 Å². The van der Waals surface area contributed by atoms with Crippen molar-refractivity contribution in [1.82, 2.24) is 10.2 Å². The van der Waals surface area contributed by atoms with Crippen molar-refractivity contribution in [2.45, 2.75) is 32.4 Å². The molecule has 0 spiro atoms. The van der Waals surface area contributed by atoms with Gasteiger partial charge in [0.25, 0.3) is 0 Å². The van der Waals surface area contributed by atoms with E-state index in [0.29, 0.717) is 12.6 Å². The van der Waals surface area contributed by atoms with Crippen molar-refractivity contribution in [3.8, 4) is 6.07 Å². The molecular weight excluding hydrogens is 274 g/mol. The maximum atomic E-state index is 11.6. The predicted molar refractivity (Wildman–Crippen MR) is 77.5 cm³/mol. The zero-order valence-corrected chi connectivity index (χ0v) is 12.4. The van der Waals surface area contributed by atoms with E-state index >= 15 is 0 Å². The van der Waals surface area contributed by atoms with Gasteiger partial charge in [0.2, 0.25) is 0 Å². The number of nitrogens with one attached hydrogen (secondary N) is 1. The van der Waals surface area contributed by atoms with E-state index in [2.05, 4.69) is 11.4 Å². The largest absolute Gasteiger partial charge is 0.450 e. The molecule has 6 heteroatoms. The highest BCUT2D eigenvalue weighted by Gasteiger charge is 2.23. The number of carbonyl (C=O) groups excluding carboxylic acids is 1. The fourth-order valence-corrected chi connectivity index (χ4v) is 3.02. The fourth-order valence-electron chi connectivity index (χ4n) is 2.26. The van der Waals surface area contributed by atoms with E-state index in [1.807, 2.05) is 18.4 Å². The van der Waals surface area contributed by atoms with Gasteiger partial charge in [-0.05, 0) is 25.8 Å². The molecule has 1 saturated heterocycles. The summed E-state index contributed by atoms with van der Waals surface area (Å²) >= 11 is 1.61. The predicted octanol–water partition coefficient (Wildman–Crippen LogP) is 2.33. The lowest BCUT2D eigenvalue weighted by Gasteiger charge is -2.31. The first-order chi connectivity index (χ1) is 9.72. The molecule has 1 amide bonds. The van der Waals surface area contributed by atoms with Crippen LogP contribution in [0.4, 0.5) is 4.79 Å². The Morgan fingerprint density at radius 2 is 2.35 bits per heavy atom. The molecule has 5 nitrogen and oxygen atoms in total. The summed E-state index contributed by atoms with van der Waals surface area (Å²) < 4.78 is 5.00. The quantitative estimate of drug-likeness (QED) is 0.925. The van der Waals surface area contributed by atoms with E-state index in [0.717, 1.165) is 38.0 Å². The van der Waals surface area contributed by atoms with Gasteiger partial charge in [-0.1, -0.05) is 0 Å². The van der Waals surface area contributed by atoms with E-state index in [9.17, 15) is 4.79 Å². The first kappa shape index (κ1) is 14.8. The summed E-state index contributed by atoms with van der Waals surface area (Å²) in [5, 5.41) is 14.1. The van der Waals surface area contributed by atoms with Crippen molar-refractivity contribution in [2.75, 3.05) is 19.7 Å². The smallest absolute Gasteiger partial charge is 0.409 e. The minimum absolute atomic E-state index is 0.206. The van der Waals surface area contributed by atoms with Crippen LogP contribution in [0.25, 0.3) is 0 Å². The second-order valence-electron chi connectivity index (χ2n) is 4.75. The molecule has 0 unspecified atom stereocenters. The van der Waals surface area contributed by atoms with Crippen LogP contribution in [-0.4, -0.2) is 36.7 Å². The van der Waals surface area contributed by atoms with Crippen LogP contribution in [-0.2, 0) is 11.3 Å². The summed E-state index contributed by atoms with van der Waals surface area (Å²) in [6.45, 7) is 4.52. The van der Waals surface area contributed by atoms with Crippen LogP contribution in [0.1, 0.15) is 30.2 Å². The number of thiophene rings is 1. The van der Waals surface area contributed by atoms with Crippen molar-refractivity contribution < 1.29 is 9.53 Å². The first-order valence-corrected chi connectivity index (χ1v) is 7.73. The third kappa shape index (κ3) is 3.95. The molecule has 1 N–H and O–H groups in total. The van der Waals surface area contributed by atoms with Gasteiger partial charge in [-0.2, -0.15) is 5.26 Å². The Morgan fingerprint density at radius 3 is 2.95 bits per heavy atom. The zero-order chi connectivity index (χ0) is 14.4. The van der Waals surface area contributed by atoms with Crippen molar-refractivity contribution in [2.24, 2.45) is 0 Å². The maximum absolute atomic E-state index is 11.6. The maximum Gasteiger partial charge on any atom is 0.409 e. The Kier molecular flexibility index (Phi) is 5.39. The van der Waals surface area contributed by atoms with E-state index in [1.165, 1.54) is 4.88 Å². The Labute approximate surface area is 123 Å². The van der Waals surface area contributed by atoms with Crippen LogP contribution in [0.15, 0.2) is 11.4 Å². The van der Waals surface area contributed by atoms with Crippen LogP contribution in [0.3, 0.4) is 0 Å². The fraction of sp³-hybridized carbons (Fsp3) is 0.571. The lowest BCUT2D eigenvalue weighted by atomic mass is 10.1. The molecule has 0 radical (unpaired) electrons. The molecule has 1 aromatic rings. The number of likely N-dealkylation sites (tertiary alicyclic amines) is 1. The summed E-state index contributed by atoms with van der Waals surface area (Å²) in [5.74, 6) is 0. The molecule has 0 atom stereocenters. The van der Waals surface area contributed by atoms with Crippen LogP contribution in [0, 0.1) is 11.3 Å². The summed E-state index contributed by atoms with van der Waals surface area (Å²) in [6, 6.07) is 4.49. The molecule has 0 saturated carbocycles. The van der Waals surface area contributed by atoms with E-state index in [-0.39, 0.29) is 6.09 Å². The van der Waals surface area contributed by atoms with Gasteiger partial charge in [-0.25, -0.2) is 4.79 Å². The van der Waals surface area contributed by atoms with Crippen LogP contribution in [0.5, 0.6) is 0 Å². The average Bonchev–Trinajstić information content (AvgIpc) is 2.94. The SMILES string of the molecule is CCOC(=O)N1CCC(NCc2cc(C#N)cs2)CC1. The van der Waals surface area contributed by atoms with E-state index in [4.69, 9.17) is 10.00 Å². The zero-order valence-electron chi connectivity index (χ0n) is 11.6. The Hall–Kier alpha value is -1.58. The van der Waals surface area contributed by atoms with Crippen molar-refractivity contribution >= 4 is 17.4 Å². The molecule has 0 aromatic carbocycles. The Morgan fingerprint density at radius 1 is 1.60 bits per heavy atom. The highest BCUT2D eigenvalue weighted by atomic mass is 32.1. The number of nitrogens with zero attached hydrogens (tertiary/aromatic N) is 2. The molecule has 1 aromatic heterocycles. The molecule has 0 bridgehead atoms. The van der Waals surface area contributed by atoms with Crippen LogP contribution < -0.4 is 5.32 Å². The van der Waals surface area contributed by atoms with Gasteiger partial charge in [0.1, 0.15) is 6.07 Å². The molecular formula is C14H19N3O2S. The number of amides is 1. The molecule has 1 aliphatic heterocycles. The normalized spacial score (nSPS) is 15.9. The van der Waals surface area contributed by atoms with Gasteiger partial charge in [0, 0.05) is 35.9 Å². The third-order valence-corrected chi connectivity index (χ3v) is 4.31. The van der Waals surface area contributed by atoms with Crippen molar-refractivity contribution in [1.29, 1.82) is 5.26 Å². The lowest BCUT2D eigenvalue weighted by molar-refractivity contribution is 0.0950. The van der Waals surface area contributed by atoms with Gasteiger partial charge in [-0.3, -0.25) is 0 Å². The number of nitriles is 1. The summed E-state index contributed by atoms with van der Waals surface area (Å²) in [5.41, 5.74) is 0.726. The highest BCUT2D eigenvalue weighted by Crippen LogP contribution is 2.16. The van der Waals surface area contributed by atoms with Crippen molar-refractivity contribution in [3.05, 3.63) is 21.9 Å².